The summed E-state index contributed by atoms with van der Waals surface area (Å²) in [5, 5.41) is 9.18. The molecule has 1 nitrogen and oxygen atoms in total. The van der Waals surface area contributed by atoms with Gasteiger partial charge in [-0.25, -0.2) is 0 Å². The van der Waals surface area contributed by atoms with Crippen molar-refractivity contribution < 1.29 is 5.11 Å². The van der Waals surface area contributed by atoms with Gasteiger partial charge in [0.15, 0.2) is 0 Å². The van der Waals surface area contributed by atoms with Gasteiger partial charge in [-0.1, -0.05) is 38.7 Å². The topological polar surface area (TPSA) is 20.2 Å². The summed E-state index contributed by atoms with van der Waals surface area (Å²) in [6.45, 7) is 6.36. The van der Waals surface area contributed by atoms with Crippen LogP contribution >= 0.6 is 0 Å². The molecular weight excluding hydrogens is 172 g/mol. The first-order valence-corrected chi connectivity index (χ1v) is 6.05. The monoisotopic (exact) mass is 196 g/mol. The van der Waals surface area contributed by atoms with Crippen LogP contribution in [0.3, 0.4) is 0 Å². The van der Waals surface area contributed by atoms with Crippen molar-refractivity contribution in [1.29, 1.82) is 0 Å². The van der Waals surface area contributed by atoms with Gasteiger partial charge >= 0.3 is 0 Å². The van der Waals surface area contributed by atoms with E-state index in [1.807, 2.05) is 6.08 Å². The Labute approximate surface area is 88.2 Å². The first-order valence-electron chi connectivity index (χ1n) is 6.05. The van der Waals surface area contributed by atoms with E-state index in [0.29, 0.717) is 11.8 Å². The van der Waals surface area contributed by atoms with Crippen molar-refractivity contribution in [1.82, 2.24) is 0 Å². The summed E-state index contributed by atoms with van der Waals surface area (Å²) < 4.78 is 0. The lowest BCUT2D eigenvalue weighted by molar-refractivity contribution is 0.157. The summed E-state index contributed by atoms with van der Waals surface area (Å²) in [6.07, 6.45) is 9.96. The molecule has 1 heteroatoms. The molecule has 1 fully saturated rings. The lowest BCUT2D eigenvalue weighted by Gasteiger charge is -2.31. The number of rotatable bonds is 5. The van der Waals surface area contributed by atoms with Crippen LogP contribution in [-0.2, 0) is 0 Å². The van der Waals surface area contributed by atoms with Gasteiger partial charge in [0.1, 0.15) is 0 Å². The summed E-state index contributed by atoms with van der Waals surface area (Å²) in [4.78, 5) is 0. The second-order valence-electron chi connectivity index (χ2n) is 4.65. The van der Waals surface area contributed by atoms with Crippen molar-refractivity contribution in [2.45, 2.75) is 45.4 Å². The summed E-state index contributed by atoms with van der Waals surface area (Å²) in [6, 6.07) is 0. The Morgan fingerprint density at radius 3 is 2.43 bits per heavy atom. The number of aliphatic hydroxyl groups excluding tert-OH is 1. The molecule has 1 N–H and O–H groups in total. The second kappa shape index (κ2) is 6.23. The van der Waals surface area contributed by atoms with Crippen LogP contribution in [0.5, 0.6) is 0 Å². The lowest BCUT2D eigenvalue weighted by atomic mass is 9.75. The van der Waals surface area contributed by atoms with Crippen LogP contribution in [0.25, 0.3) is 0 Å². The molecule has 0 aromatic carbocycles. The second-order valence-corrected chi connectivity index (χ2v) is 4.65. The van der Waals surface area contributed by atoms with Crippen molar-refractivity contribution in [2.75, 3.05) is 6.61 Å². The Morgan fingerprint density at radius 1 is 1.36 bits per heavy atom. The zero-order valence-corrected chi connectivity index (χ0v) is 9.41. The van der Waals surface area contributed by atoms with E-state index in [-0.39, 0.29) is 6.61 Å². The minimum absolute atomic E-state index is 0.284. The van der Waals surface area contributed by atoms with E-state index >= 15 is 0 Å². The first-order chi connectivity index (χ1) is 6.81. The molecule has 0 radical (unpaired) electrons. The summed E-state index contributed by atoms with van der Waals surface area (Å²) >= 11 is 0. The predicted molar refractivity (Wildman–Crippen MR) is 61.1 cm³/mol. The third-order valence-electron chi connectivity index (χ3n) is 3.71. The smallest absolute Gasteiger partial charge is 0.0496 e. The number of hydrogen-bond acceptors (Lipinski definition) is 1. The predicted octanol–water partition coefficient (Wildman–Crippen LogP) is 3.39. The van der Waals surface area contributed by atoms with Gasteiger partial charge in [-0.05, 0) is 24.7 Å². The molecule has 1 rings (SSSR count). The standard InChI is InChI=1S/C13H24O/c1-3-5-11-6-8-13(9-7-11)12(4-2)10-14/h4,11-14H,2-3,5-10H2,1H3/t11?,12-,13?/m1/s1. The summed E-state index contributed by atoms with van der Waals surface area (Å²) in [5.74, 6) is 2.00. The highest BCUT2D eigenvalue weighted by atomic mass is 16.3. The Bertz CT molecular complexity index is 157. The van der Waals surface area contributed by atoms with Crippen LogP contribution < -0.4 is 0 Å². The maximum absolute atomic E-state index is 9.18. The quantitative estimate of drug-likeness (QED) is 0.668. The van der Waals surface area contributed by atoms with E-state index in [9.17, 15) is 5.11 Å². The Morgan fingerprint density at radius 2 is 2.00 bits per heavy atom. The molecule has 1 aliphatic carbocycles. The van der Waals surface area contributed by atoms with Gasteiger partial charge in [-0.3, -0.25) is 0 Å². The summed E-state index contributed by atoms with van der Waals surface area (Å²) in [7, 11) is 0. The van der Waals surface area contributed by atoms with Crippen LogP contribution in [0.2, 0.25) is 0 Å². The Hall–Kier alpha value is -0.300. The minimum atomic E-state index is 0.284. The zero-order valence-electron chi connectivity index (χ0n) is 9.41. The fraction of sp³-hybridized carbons (Fsp3) is 0.846. The highest BCUT2D eigenvalue weighted by Crippen LogP contribution is 2.35. The maximum Gasteiger partial charge on any atom is 0.0496 e. The zero-order chi connectivity index (χ0) is 10.4. The fourth-order valence-electron chi connectivity index (χ4n) is 2.73. The van der Waals surface area contributed by atoms with Gasteiger partial charge in [0.25, 0.3) is 0 Å². The van der Waals surface area contributed by atoms with Gasteiger partial charge in [0.2, 0.25) is 0 Å². The van der Waals surface area contributed by atoms with Gasteiger partial charge in [-0.15, -0.1) is 6.58 Å². The SMILES string of the molecule is C=C[C@H](CO)C1CCC(CCC)CC1. The lowest BCUT2D eigenvalue weighted by Crippen LogP contribution is -2.22. The molecule has 1 aliphatic rings. The van der Waals surface area contributed by atoms with Crippen molar-refractivity contribution >= 4 is 0 Å². The average Bonchev–Trinajstić information content (AvgIpc) is 2.23. The molecule has 0 aromatic heterocycles. The van der Waals surface area contributed by atoms with E-state index in [2.05, 4.69) is 13.5 Å². The molecule has 0 amide bonds. The molecule has 1 atom stereocenters. The van der Waals surface area contributed by atoms with Crippen molar-refractivity contribution in [3.8, 4) is 0 Å². The van der Waals surface area contributed by atoms with Gasteiger partial charge in [0.05, 0.1) is 0 Å². The maximum atomic E-state index is 9.18. The van der Waals surface area contributed by atoms with Crippen LogP contribution in [-0.4, -0.2) is 11.7 Å². The average molecular weight is 196 g/mol. The normalized spacial score (nSPS) is 29.9. The molecule has 82 valence electrons. The third kappa shape index (κ3) is 3.13. The van der Waals surface area contributed by atoms with E-state index in [1.165, 1.54) is 38.5 Å². The minimum Gasteiger partial charge on any atom is -0.396 e. The molecule has 0 unspecified atom stereocenters. The molecule has 0 spiro atoms. The van der Waals surface area contributed by atoms with E-state index in [4.69, 9.17) is 0 Å². The highest BCUT2D eigenvalue weighted by Gasteiger charge is 2.24. The Balaban J connectivity index is 2.30. The van der Waals surface area contributed by atoms with Gasteiger partial charge < -0.3 is 5.11 Å². The van der Waals surface area contributed by atoms with Crippen LogP contribution in [0, 0.1) is 17.8 Å². The van der Waals surface area contributed by atoms with Crippen molar-refractivity contribution in [3.63, 3.8) is 0 Å². The van der Waals surface area contributed by atoms with Crippen molar-refractivity contribution in [3.05, 3.63) is 12.7 Å². The van der Waals surface area contributed by atoms with Gasteiger partial charge in [0, 0.05) is 12.5 Å². The fourth-order valence-corrected chi connectivity index (χ4v) is 2.73. The Kier molecular flexibility index (Phi) is 5.24. The molecule has 0 saturated heterocycles. The largest absolute Gasteiger partial charge is 0.396 e. The molecule has 1 saturated carbocycles. The summed E-state index contributed by atoms with van der Waals surface area (Å²) in [5.41, 5.74) is 0. The van der Waals surface area contributed by atoms with Crippen molar-refractivity contribution in [2.24, 2.45) is 17.8 Å². The third-order valence-corrected chi connectivity index (χ3v) is 3.71. The molecular formula is C13H24O. The highest BCUT2D eigenvalue weighted by molar-refractivity contribution is 4.87. The van der Waals surface area contributed by atoms with Gasteiger partial charge in [-0.2, -0.15) is 0 Å². The van der Waals surface area contributed by atoms with E-state index in [1.54, 1.807) is 0 Å². The van der Waals surface area contributed by atoms with E-state index in [0.717, 1.165) is 5.92 Å². The molecule has 0 bridgehead atoms. The van der Waals surface area contributed by atoms with Crippen LogP contribution in [0.4, 0.5) is 0 Å². The van der Waals surface area contributed by atoms with Crippen LogP contribution in [0.15, 0.2) is 12.7 Å². The molecule has 0 aliphatic heterocycles. The van der Waals surface area contributed by atoms with E-state index < -0.39 is 0 Å². The molecule has 0 aromatic rings. The molecule has 14 heavy (non-hydrogen) atoms. The number of aliphatic hydroxyl groups is 1. The first kappa shape index (κ1) is 11.8. The number of hydrogen-bond donors (Lipinski definition) is 1. The van der Waals surface area contributed by atoms with Crippen LogP contribution in [0.1, 0.15) is 45.4 Å². The molecule has 0 heterocycles.